The Morgan fingerprint density at radius 2 is 1.37 bits per heavy atom. The third-order valence-corrected chi connectivity index (χ3v) is 5.29. The molecule has 0 spiro atoms. The number of nitrogens with two attached hydrogens (primary N) is 1. The van der Waals surface area contributed by atoms with E-state index in [1.165, 1.54) is 12.1 Å². The number of nitrogens with one attached hydrogen (secondary N) is 2. The summed E-state index contributed by atoms with van der Waals surface area (Å²) >= 11 is 0.805. The number of aromatic nitrogens is 3. The molecule has 0 radical (unpaired) electrons. The summed E-state index contributed by atoms with van der Waals surface area (Å²) in [6.45, 7) is -0.466. The van der Waals surface area contributed by atoms with Crippen molar-refractivity contribution >= 4 is 40.9 Å². The maximum absolute atomic E-state index is 12.8. The zero-order valence-corrected chi connectivity index (χ0v) is 18.3. The van der Waals surface area contributed by atoms with Crippen molar-refractivity contribution < 1.29 is 35.9 Å². The van der Waals surface area contributed by atoms with Crippen LogP contribution in [-0.4, -0.2) is 32.3 Å². The Morgan fingerprint density at radius 1 is 0.857 bits per heavy atom. The number of anilines is 3. The average molecular weight is 518 g/mol. The fourth-order valence-corrected chi connectivity index (χ4v) is 3.52. The third-order valence-electron chi connectivity index (χ3n) is 4.33. The van der Waals surface area contributed by atoms with E-state index in [4.69, 9.17) is 5.73 Å². The standard InChI is InChI=1S/C20H16F6N6O2S/c21-19(22,23)11-3-1-5-13(7-11)28-15(33)9-32-17(27)30-31-18(32)35-10-16(34)29-14-6-2-4-12(8-14)20(24,25)26/h1-8H,9-10H2,(H2,27,30)(H,28,33)(H,29,34). The average Bonchev–Trinajstić information content (AvgIpc) is 3.10. The molecule has 0 bridgehead atoms. The summed E-state index contributed by atoms with van der Waals surface area (Å²) in [6.07, 6.45) is -9.16. The fourth-order valence-electron chi connectivity index (χ4n) is 2.77. The summed E-state index contributed by atoms with van der Waals surface area (Å²) < 4.78 is 78.1. The second kappa shape index (κ2) is 10.2. The lowest BCUT2D eigenvalue weighted by molar-refractivity contribution is -0.138. The third kappa shape index (κ3) is 7.11. The van der Waals surface area contributed by atoms with Crippen LogP contribution in [0.25, 0.3) is 0 Å². The van der Waals surface area contributed by atoms with Crippen molar-refractivity contribution in [1.29, 1.82) is 0 Å². The molecule has 3 aromatic rings. The molecule has 0 fully saturated rings. The Labute approximate surface area is 197 Å². The van der Waals surface area contributed by atoms with E-state index in [2.05, 4.69) is 20.8 Å². The van der Waals surface area contributed by atoms with Crippen LogP contribution < -0.4 is 16.4 Å². The van der Waals surface area contributed by atoms with Crippen molar-refractivity contribution in [2.45, 2.75) is 24.1 Å². The first-order valence-electron chi connectivity index (χ1n) is 9.58. The zero-order valence-electron chi connectivity index (χ0n) is 17.4. The smallest absolute Gasteiger partial charge is 0.368 e. The van der Waals surface area contributed by atoms with E-state index in [1.807, 2.05) is 0 Å². The largest absolute Gasteiger partial charge is 0.416 e. The van der Waals surface area contributed by atoms with Crippen LogP contribution >= 0.6 is 11.8 Å². The minimum absolute atomic E-state index is 0.0425. The topological polar surface area (TPSA) is 115 Å². The normalized spacial score (nSPS) is 11.8. The van der Waals surface area contributed by atoms with Gasteiger partial charge in [-0.3, -0.25) is 14.2 Å². The summed E-state index contributed by atoms with van der Waals surface area (Å²) in [4.78, 5) is 24.5. The Morgan fingerprint density at radius 3 is 1.89 bits per heavy atom. The van der Waals surface area contributed by atoms with Crippen molar-refractivity contribution in [1.82, 2.24) is 14.8 Å². The van der Waals surface area contributed by atoms with Crippen LogP contribution in [0.15, 0.2) is 53.7 Å². The van der Waals surface area contributed by atoms with Gasteiger partial charge in [0.25, 0.3) is 0 Å². The first kappa shape index (κ1) is 25.9. The minimum atomic E-state index is -4.59. The van der Waals surface area contributed by atoms with Crippen molar-refractivity contribution in [3.8, 4) is 0 Å². The predicted molar refractivity (Wildman–Crippen MR) is 115 cm³/mol. The highest BCUT2D eigenvalue weighted by Crippen LogP contribution is 2.31. The minimum Gasteiger partial charge on any atom is -0.368 e. The number of nitrogens with zero attached hydrogens (tertiary/aromatic N) is 3. The lowest BCUT2D eigenvalue weighted by atomic mass is 10.2. The maximum Gasteiger partial charge on any atom is 0.416 e. The number of nitrogen functional groups attached to an aromatic ring is 1. The van der Waals surface area contributed by atoms with Gasteiger partial charge in [-0.2, -0.15) is 26.3 Å². The number of benzene rings is 2. The Kier molecular flexibility index (Phi) is 7.57. The van der Waals surface area contributed by atoms with E-state index in [0.717, 1.165) is 52.7 Å². The molecular formula is C20H16F6N6O2S. The van der Waals surface area contributed by atoms with Crippen molar-refractivity contribution in [3.63, 3.8) is 0 Å². The summed E-state index contributed by atoms with van der Waals surface area (Å²) in [5.41, 5.74) is 3.67. The van der Waals surface area contributed by atoms with Crippen molar-refractivity contribution in [3.05, 3.63) is 59.7 Å². The van der Waals surface area contributed by atoms with Crippen LogP contribution in [0.1, 0.15) is 11.1 Å². The number of carbonyl (C=O) groups excluding carboxylic acids is 2. The lowest BCUT2D eigenvalue weighted by Gasteiger charge is -2.11. The van der Waals surface area contributed by atoms with Gasteiger partial charge in [-0.1, -0.05) is 23.9 Å². The van der Waals surface area contributed by atoms with Crippen LogP contribution in [0.4, 0.5) is 43.7 Å². The van der Waals surface area contributed by atoms with Crippen LogP contribution in [0.5, 0.6) is 0 Å². The molecule has 1 heterocycles. The molecule has 2 aromatic carbocycles. The molecule has 0 aliphatic heterocycles. The van der Waals surface area contributed by atoms with E-state index in [-0.39, 0.29) is 28.2 Å². The number of alkyl halides is 6. The number of thioether (sulfide) groups is 1. The highest BCUT2D eigenvalue weighted by Gasteiger charge is 2.31. The molecule has 0 atom stereocenters. The number of hydrogen-bond donors (Lipinski definition) is 3. The second-order valence-electron chi connectivity index (χ2n) is 6.97. The molecule has 8 nitrogen and oxygen atoms in total. The SMILES string of the molecule is Nc1nnc(SCC(=O)Nc2cccc(C(F)(F)F)c2)n1CC(=O)Nc1cccc(C(F)(F)F)c1. The Balaban J connectivity index is 1.61. The van der Waals surface area contributed by atoms with Crippen molar-refractivity contribution in [2.75, 3.05) is 22.1 Å². The van der Waals surface area contributed by atoms with Gasteiger partial charge >= 0.3 is 12.4 Å². The number of amides is 2. The molecular weight excluding hydrogens is 502 g/mol. The molecule has 0 saturated heterocycles. The molecule has 4 N–H and O–H groups in total. The molecule has 0 unspecified atom stereocenters. The van der Waals surface area contributed by atoms with E-state index in [9.17, 15) is 35.9 Å². The van der Waals surface area contributed by atoms with Crippen LogP contribution in [-0.2, 0) is 28.5 Å². The van der Waals surface area contributed by atoms with Crippen LogP contribution in [0, 0.1) is 0 Å². The molecule has 3 rings (SSSR count). The van der Waals surface area contributed by atoms with Gasteiger partial charge in [-0.05, 0) is 36.4 Å². The Bertz CT molecular complexity index is 1230. The summed E-state index contributed by atoms with van der Waals surface area (Å²) in [7, 11) is 0. The zero-order chi connectivity index (χ0) is 25.8. The molecule has 15 heteroatoms. The first-order chi connectivity index (χ1) is 16.3. The number of hydrogen-bond acceptors (Lipinski definition) is 6. The molecule has 0 aliphatic rings. The summed E-state index contributed by atoms with van der Waals surface area (Å²) in [5, 5.41) is 12.0. The van der Waals surface area contributed by atoms with E-state index in [0.29, 0.717) is 0 Å². The van der Waals surface area contributed by atoms with Gasteiger partial charge in [-0.15, -0.1) is 10.2 Å². The van der Waals surface area contributed by atoms with Gasteiger partial charge in [0.05, 0.1) is 16.9 Å². The summed E-state index contributed by atoms with van der Waals surface area (Å²) in [5.74, 6) is -1.88. The van der Waals surface area contributed by atoms with E-state index < -0.39 is 41.8 Å². The maximum atomic E-state index is 12.8. The first-order valence-corrected chi connectivity index (χ1v) is 10.6. The number of carbonyl (C=O) groups is 2. The molecule has 0 saturated carbocycles. The van der Waals surface area contributed by atoms with Gasteiger partial charge in [0.1, 0.15) is 6.54 Å². The number of rotatable bonds is 7. The quantitative estimate of drug-likeness (QED) is 0.318. The Hall–Kier alpha value is -3.75. The van der Waals surface area contributed by atoms with Crippen LogP contribution in [0.3, 0.4) is 0 Å². The predicted octanol–water partition coefficient (Wildman–Crippen LogP) is 4.27. The number of halogens is 6. The molecule has 186 valence electrons. The van der Waals surface area contributed by atoms with E-state index in [1.54, 1.807) is 0 Å². The molecule has 35 heavy (non-hydrogen) atoms. The van der Waals surface area contributed by atoms with Gasteiger partial charge < -0.3 is 16.4 Å². The molecule has 1 aromatic heterocycles. The molecule has 2 amide bonds. The van der Waals surface area contributed by atoms with Crippen LogP contribution in [0.2, 0.25) is 0 Å². The summed E-state index contributed by atoms with van der Waals surface area (Å²) in [6, 6.07) is 8.10. The molecule has 0 aliphatic carbocycles. The van der Waals surface area contributed by atoms with Crippen molar-refractivity contribution in [2.24, 2.45) is 0 Å². The van der Waals surface area contributed by atoms with E-state index >= 15 is 0 Å². The highest BCUT2D eigenvalue weighted by atomic mass is 32.2. The monoisotopic (exact) mass is 518 g/mol. The van der Waals surface area contributed by atoms with Gasteiger partial charge in [0, 0.05) is 11.4 Å². The van der Waals surface area contributed by atoms with Gasteiger partial charge in [0.15, 0.2) is 5.16 Å². The highest BCUT2D eigenvalue weighted by molar-refractivity contribution is 7.99. The second-order valence-corrected chi connectivity index (χ2v) is 7.91. The van der Waals surface area contributed by atoms with Gasteiger partial charge in [-0.25, -0.2) is 0 Å². The van der Waals surface area contributed by atoms with Gasteiger partial charge in [0.2, 0.25) is 17.8 Å². The fraction of sp³-hybridized carbons (Fsp3) is 0.200. The lowest BCUT2D eigenvalue weighted by Crippen LogP contribution is -2.21.